The number of imidazole rings is 1. The van der Waals surface area contributed by atoms with Gasteiger partial charge in [0.25, 0.3) is 0 Å². The van der Waals surface area contributed by atoms with Crippen LogP contribution in [-0.4, -0.2) is 15.0 Å². The molecule has 0 aliphatic carbocycles. The van der Waals surface area contributed by atoms with Crippen LogP contribution in [0.2, 0.25) is 5.15 Å². The number of rotatable bonds is 1. The van der Waals surface area contributed by atoms with Gasteiger partial charge in [-0.15, -0.1) is 0 Å². The van der Waals surface area contributed by atoms with Crippen molar-refractivity contribution in [1.29, 1.82) is 0 Å². The normalized spacial score (nSPS) is 10.3. The predicted molar refractivity (Wildman–Crippen MR) is 51.6 cm³/mol. The molecule has 2 heterocycles. The summed E-state index contributed by atoms with van der Waals surface area (Å²) in [6.45, 7) is 1.91. The van der Waals surface area contributed by atoms with Crippen LogP contribution in [0.1, 0.15) is 5.69 Å². The Bertz CT molecular complexity index is 409. The Morgan fingerprint density at radius 2 is 2.23 bits per heavy atom. The van der Waals surface area contributed by atoms with E-state index in [1.165, 1.54) is 0 Å². The number of pyridine rings is 1. The largest absolute Gasteiger partial charge is 0.345 e. The average molecular weight is 194 g/mol. The van der Waals surface area contributed by atoms with E-state index in [0.717, 1.165) is 17.0 Å². The van der Waals surface area contributed by atoms with Crippen molar-refractivity contribution >= 4 is 11.6 Å². The quantitative estimate of drug-likeness (QED) is 0.707. The first kappa shape index (κ1) is 8.26. The third-order valence-electron chi connectivity index (χ3n) is 1.78. The van der Waals surface area contributed by atoms with Gasteiger partial charge >= 0.3 is 0 Å². The van der Waals surface area contributed by atoms with Crippen molar-refractivity contribution in [3.8, 4) is 11.3 Å². The van der Waals surface area contributed by atoms with Crippen molar-refractivity contribution in [2.24, 2.45) is 0 Å². The summed E-state index contributed by atoms with van der Waals surface area (Å²) in [5.41, 5.74) is 2.68. The summed E-state index contributed by atoms with van der Waals surface area (Å²) in [5, 5.41) is 0.504. The van der Waals surface area contributed by atoms with Crippen LogP contribution < -0.4 is 0 Å². The highest BCUT2D eigenvalue weighted by Gasteiger charge is 2.04. The topological polar surface area (TPSA) is 41.6 Å². The number of nitrogens with one attached hydrogen (secondary N) is 1. The molecule has 0 saturated carbocycles. The van der Waals surface area contributed by atoms with Crippen molar-refractivity contribution in [2.45, 2.75) is 6.92 Å². The molecule has 0 spiro atoms. The molecule has 2 aromatic rings. The van der Waals surface area contributed by atoms with E-state index in [9.17, 15) is 0 Å². The number of halogens is 1. The van der Waals surface area contributed by atoms with Crippen LogP contribution in [0.3, 0.4) is 0 Å². The maximum atomic E-state index is 5.96. The highest BCUT2D eigenvalue weighted by atomic mass is 35.5. The minimum absolute atomic E-state index is 0.504. The molecule has 0 unspecified atom stereocenters. The van der Waals surface area contributed by atoms with Crippen molar-refractivity contribution in [3.63, 3.8) is 0 Å². The lowest BCUT2D eigenvalue weighted by Gasteiger charge is -2.00. The van der Waals surface area contributed by atoms with Crippen LogP contribution in [0.5, 0.6) is 0 Å². The maximum Gasteiger partial charge on any atom is 0.138 e. The number of aromatic nitrogens is 3. The minimum atomic E-state index is 0.504. The van der Waals surface area contributed by atoms with Gasteiger partial charge in [-0.2, -0.15) is 0 Å². The van der Waals surface area contributed by atoms with Crippen molar-refractivity contribution in [2.75, 3.05) is 0 Å². The van der Waals surface area contributed by atoms with Crippen molar-refractivity contribution < 1.29 is 0 Å². The molecule has 0 saturated heterocycles. The van der Waals surface area contributed by atoms with Gasteiger partial charge in [0.15, 0.2) is 0 Å². The molecule has 0 aliphatic heterocycles. The van der Waals surface area contributed by atoms with Gasteiger partial charge in [-0.25, -0.2) is 9.97 Å². The second kappa shape index (κ2) is 3.18. The van der Waals surface area contributed by atoms with Crippen molar-refractivity contribution in [1.82, 2.24) is 15.0 Å². The molecule has 0 aliphatic rings. The molecule has 0 bridgehead atoms. The van der Waals surface area contributed by atoms with E-state index < -0.39 is 0 Å². The predicted octanol–water partition coefficient (Wildman–Crippen LogP) is 2.43. The van der Waals surface area contributed by atoms with Gasteiger partial charge < -0.3 is 4.98 Å². The number of nitrogens with zero attached hydrogens (tertiary/aromatic N) is 2. The molecule has 2 rings (SSSR count). The number of H-pyrrole nitrogens is 1. The molecule has 0 fully saturated rings. The van der Waals surface area contributed by atoms with Crippen LogP contribution in [-0.2, 0) is 0 Å². The monoisotopic (exact) mass is 193 g/mol. The highest BCUT2D eigenvalue weighted by Crippen LogP contribution is 2.23. The molecule has 66 valence electrons. The van der Waals surface area contributed by atoms with Crippen molar-refractivity contribution in [3.05, 3.63) is 35.5 Å². The molecular weight excluding hydrogens is 186 g/mol. The SMILES string of the molecule is Cc1ccc(-c2cnc[nH]2)c(Cl)n1. The molecule has 2 aromatic heterocycles. The van der Waals surface area contributed by atoms with Gasteiger partial charge in [0, 0.05) is 11.3 Å². The molecule has 0 radical (unpaired) electrons. The zero-order valence-corrected chi connectivity index (χ0v) is 7.84. The Kier molecular flexibility index (Phi) is 2.02. The Labute approximate surface area is 80.8 Å². The van der Waals surface area contributed by atoms with Gasteiger partial charge in [0.05, 0.1) is 18.2 Å². The fraction of sp³-hybridized carbons (Fsp3) is 0.111. The van der Waals surface area contributed by atoms with E-state index in [0.29, 0.717) is 5.15 Å². The summed E-state index contributed by atoms with van der Waals surface area (Å²) in [5.74, 6) is 0. The number of aryl methyl sites for hydroxylation is 1. The number of hydrogen-bond donors (Lipinski definition) is 1. The van der Waals surface area contributed by atoms with Crippen LogP contribution >= 0.6 is 11.6 Å². The molecule has 13 heavy (non-hydrogen) atoms. The van der Waals surface area contributed by atoms with Gasteiger partial charge in [-0.05, 0) is 19.1 Å². The lowest BCUT2D eigenvalue weighted by molar-refractivity contribution is 1.20. The van der Waals surface area contributed by atoms with E-state index in [4.69, 9.17) is 11.6 Å². The Balaban J connectivity index is 2.53. The van der Waals surface area contributed by atoms with E-state index in [2.05, 4.69) is 15.0 Å². The molecule has 0 aromatic carbocycles. The number of aromatic amines is 1. The van der Waals surface area contributed by atoms with E-state index in [1.54, 1.807) is 12.5 Å². The molecule has 0 atom stereocenters. The average Bonchev–Trinajstić information content (AvgIpc) is 2.56. The third-order valence-corrected chi connectivity index (χ3v) is 2.06. The standard InChI is InChI=1S/C9H8ClN3/c1-6-2-3-7(9(10)13-6)8-4-11-5-12-8/h2-5H,1H3,(H,11,12). The zero-order chi connectivity index (χ0) is 9.26. The Hall–Kier alpha value is -1.35. The first-order valence-corrected chi connectivity index (χ1v) is 4.27. The minimum Gasteiger partial charge on any atom is -0.345 e. The first-order chi connectivity index (χ1) is 6.27. The molecule has 3 nitrogen and oxygen atoms in total. The Morgan fingerprint density at radius 3 is 2.85 bits per heavy atom. The summed E-state index contributed by atoms with van der Waals surface area (Å²) in [7, 11) is 0. The van der Waals surface area contributed by atoms with E-state index >= 15 is 0 Å². The first-order valence-electron chi connectivity index (χ1n) is 3.89. The van der Waals surface area contributed by atoms with Gasteiger partial charge in [0.1, 0.15) is 5.15 Å². The molecule has 1 N–H and O–H groups in total. The fourth-order valence-electron chi connectivity index (χ4n) is 1.13. The maximum absolute atomic E-state index is 5.96. The smallest absolute Gasteiger partial charge is 0.138 e. The van der Waals surface area contributed by atoms with Gasteiger partial charge in [-0.1, -0.05) is 11.6 Å². The third kappa shape index (κ3) is 1.55. The van der Waals surface area contributed by atoms with Crippen LogP contribution in [0.15, 0.2) is 24.7 Å². The van der Waals surface area contributed by atoms with Crippen LogP contribution in [0.25, 0.3) is 11.3 Å². The zero-order valence-electron chi connectivity index (χ0n) is 7.08. The molecule has 0 amide bonds. The second-order valence-corrected chi connectivity index (χ2v) is 3.11. The lowest BCUT2D eigenvalue weighted by Crippen LogP contribution is -1.85. The second-order valence-electron chi connectivity index (χ2n) is 2.76. The molecular formula is C9H8ClN3. The number of hydrogen-bond acceptors (Lipinski definition) is 2. The lowest BCUT2D eigenvalue weighted by atomic mass is 10.2. The summed E-state index contributed by atoms with van der Waals surface area (Å²) < 4.78 is 0. The van der Waals surface area contributed by atoms with Gasteiger partial charge in [-0.3, -0.25) is 0 Å². The van der Waals surface area contributed by atoms with E-state index in [-0.39, 0.29) is 0 Å². The summed E-state index contributed by atoms with van der Waals surface area (Å²) in [6, 6.07) is 3.85. The van der Waals surface area contributed by atoms with Crippen LogP contribution in [0.4, 0.5) is 0 Å². The fourth-order valence-corrected chi connectivity index (χ4v) is 1.43. The summed E-state index contributed by atoms with van der Waals surface area (Å²) in [6.07, 6.45) is 3.34. The van der Waals surface area contributed by atoms with Gasteiger partial charge in [0.2, 0.25) is 0 Å². The Morgan fingerprint density at radius 1 is 1.38 bits per heavy atom. The summed E-state index contributed by atoms with van der Waals surface area (Å²) in [4.78, 5) is 11.0. The highest BCUT2D eigenvalue weighted by molar-refractivity contribution is 6.32. The summed E-state index contributed by atoms with van der Waals surface area (Å²) >= 11 is 5.96. The van der Waals surface area contributed by atoms with Crippen LogP contribution in [0, 0.1) is 6.92 Å². The van der Waals surface area contributed by atoms with E-state index in [1.807, 2.05) is 19.1 Å². The molecule has 4 heteroatoms.